The summed E-state index contributed by atoms with van der Waals surface area (Å²) in [5, 5.41) is 11.1. The van der Waals surface area contributed by atoms with Crippen molar-refractivity contribution in [3.05, 3.63) is 53.1 Å². The van der Waals surface area contributed by atoms with Crippen LogP contribution in [0.3, 0.4) is 0 Å². The Balaban J connectivity index is 1.53. The molecular formula is C22H23FN2O5. The van der Waals surface area contributed by atoms with E-state index in [1.807, 2.05) is 18.2 Å². The van der Waals surface area contributed by atoms with Crippen molar-refractivity contribution in [1.29, 1.82) is 0 Å². The van der Waals surface area contributed by atoms with E-state index in [2.05, 4.69) is 5.32 Å². The van der Waals surface area contributed by atoms with Crippen LogP contribution in [-0.4, -0.2) is 61.0 Å². The fourth-order valence-corrected chi connectivity index (χ4v) is 3.85. The highest BCUT2D eigenvalue weighted by Crippen LogP contribution is 2.37. The third kappa shape index (κ3) is 4.23. The Morgan fingerprint density at radius 3 is 2.53 bits per heavy atom. The van der Waals surface area contributed by atoms with Gasteiger partial charge in [0.05, 0.1) is 19.8 Å². The summed E-state index contributed by atoms with van der Waals surface area (Å²) >= 11 is 0. The SMILES string of the molecule is O=C(O)NCC1Cc2cc(-c3ccc(C(=O)N4CCOCC4)cc3)cc(CF)c2O1. The lowest BCUT2D eigenvalue weighted by Gasteiger charge is -2.26. The Kier molecular flexibility index (Phi) is 5.85. The van der Waals surface area contributed by atoms with Crippen LogP contribution in [0.5, 0.6) is 5.75 Å². The highest BCUT2D eigenvalue weighted by atomic mass is 19.1. The van der Waals surface area contributed by atoms with Crippen LogP contribution in [0, 0.1) is 0 Å². The molecule has 1 atom stereocenters. The first-order chi connectivity index (χ1) is 14.5. The van der Waals surface area contributed by atoms with Crippen molar-refractivity contribution < 1.29 is 28.6 Å². The van der Waals surface area contributed by atoms with Crippen LogP contribution in [0.25, 0.3) is 11.1 Å². The number of hydrogen-bond acceptors (Lipinski definition) is 4. The molecule has 8 heteroatoms. The second-order valence-corrected chi connectivity index (χ2v) is 7.37. The predicted octanol–water partition coefficient (Wildman–Crippen LogP) is 2.87. The van der Waals surface area contributed by atoms with E-state index in [0.29, 0.717) is 49.6 Å². The third-order valence-electron chi connectivity index (χ3n) is 5.36. The first-order valence-electron chi connectivity index (χ1n) is 9.88. The number of nitrogens with one attached hydrogen (secondary N) is 1. The van der Waals surface area contributed by atoms with Crippen molar-refractivity contribution in [2.24, 2.45) is 0 Å². The lowest BCUT2D eigenvalue weighted by Crippen LogP contribution is -2.40. The molecular weight excluding hydrogens is 391 g/mol. The van der Waals surface area contributed by atoms with E-state index in [0.717, 1.165) is 16.7 Å². The van der Waals surface area contributed by atoms with Gasteiger partial charge in [-0.3, -0.25) is 4.79 Å². The Hall–Kier alpha value is -3.13. The van der Waals surface area contributed by atoms with Gasteiger partial charge in [-0.05, 0) is 41.0 Å². The highest BCUT2D eigenvalue weighted by molar-refractivity contribution is 5.94. The van der Waals surface area contributed by atoms with E-state index in [4.69, 9.17) is 14.6 Å². The number of morpholine rings is 1. The van der Waals surface area contributed by atoms with Crippen molar-refractivity contribution >= 4 is 12.0 Å². The van der Waals surface area contributed by atoms with Crippen molar-refractivity contribution in [2.75, 3.05) is 32.8 Å². The molecule has 0 bridgehead atoms. The number of amides is 2. The average Bonchev–Trinajstić information content (AvgIpc) is 3.20. The highest BCUT2D eigenvalue weighted by Gasteiger charge is 2.27. The second-order valence-electron chi connectivity index (χ2n) is 7.37. The number of fused-ring (bicyclic) bond motifs is 1. The number of hydrogen-bond donors (Lipinski definition) is 2. The Morgan fingerprint density at radius 1 is 1.13 bits per heavy atom. The quantitative estimate of drug-likeness (QED) is 0.786. The molecule has 0 radical (unpaired) electrons. The van der Waals surface area contributed by atoms with Crippen LogP contribution in [0.2, 0.25) is 0 Å². The average molecular weight is 414 g/mol. The zero-order valence-electron chi connectivity index (χ0n) is 16.4. The van der Waals surface area contributed by atoms with Crippen LogP contribution in [0.15, 0.2) is 36.4 Å². The topological polar surface area (TPSA) is 88.1 Å². The molecule has 1 saturated heterocycles. The standard InChI is InChI=1S/C22H23FN2O5/c23-12-18-10-16(9-17-11-19(30-20(17)18)13-24-22(27)28)14-1-3-15(4-2-14)21(26)25-5-7-29-8-6-25/h1-4,9-10,19,24H,5-8,11-13H2,(H,27,28). The van der Waals surface area contributed by atoms with E-state index in [1.165, 1.54) is 0 Å². The van der Waals surface area contributed by atoms with Gasteiger partial charge in [0.15, 0.2) is 0 Å². The van der Waals surface area contributed by atoms with E-state index in [-0.39, 0.29) is 18.6 Å². The molecule has 1 unspecified atom stereocenters. The van der Waals surface area contributed by atoms with E-state index in [1.54, 1.807) is 23.1 Å². The molecule has 0 aromatic heterocycles. The van der Waals surface area contributed by atoms with Crippen LogP contribution in [0.1, 0.15) is 21.5 Å². The van der Waals surface area contributed by atoms with Gasteiger partial charge in [0.2, 0.25) is 0 Å². The van der Waals surface area contributed by atoms with Crippen molar-refractivity contribution in [2.45, 2.75) is 19.2 Å². The van der Waals surface area contributed by atoms with Gasteiger partial charge in [-0.1, -0.05) is 12.1 Å². The van der Waals surface area contributed by atoms with Gasteiger partial charge in [-0.25, -0.2) is 9.18 Å². The number of benzene rings is 2. The molecule has 2 aliphatic rings. The molecule has 0 aliphatic carbocycles. The summed E-state index contributed by atoms with van der Waals surface area (Å²) in [5.74, 6) is 0.475. The van der Waals surface area contributed by atoms with E-state index >= 15 is 0 Å². The summed E-state index contributed by atoms with van der Waals surface area (Å²) in [7, 11) is 0. The lowest BCUT2D eigenvalue weighted by molar-refractivity contribution is 0.0303. The van der Waals surface area contributed by atoms with Gasteiger partial charge < -0.3 is 24.8 Å². The number of alkyl halides is 1. The monoisotopic (exact) mass is 414 g/mol. The van der Waals surface area contributed by atoms with Crippen LogP contribution in [0.4, 0.5) is 9.18 Å². The first-order valence-corrected chi connectivity index (χ1v) is 9.88. The molecule has 0 saturated carbocycles. The molecule has 2 aliphatic heterocycles. The molecule has 4 rings (SSSR count). The van der Waals surface area contributed by atoms with Gasteiger partial charge in [0.1, 0.15) is 18.5 Å². The number of ether oxygens (including phenoxy) is 2. The summed E-state index contributed by atoms with van der Waals surface area (Å²) in [6.07, 6.45) is -0.970. The van der Waals surface area contributed by atoms with E-state index < -0.39 is 12.8 Å². The largest absolute Gasteiger partial charge is 0.488 e. The summed E-state index contributed by atoms with van der Waals surface area (Å²) in [4.78, 5) is 25.1. The Labute approximate surface area is 173 Å². The molecule has 30 heavy (non-hydrogen) atoms. The van der Waals surface area contributed by atoms with Crippen LogP contribution >= 0.6 is 0 Å². The third-order valence-corrected chi connectivity index (χ3v) is 5.36. The second kappa shape index (κ2) is 8.71. The molecule has 1 fully saturated rings. The summed E-state index contributed by atoms with van der Waals surface area (Å²) in [6.45, 7) is 1.74. The summed E-state index contributed by atoms with van der Waals surface area (Å²) in [6, 6.07) is 11.0. The van der Waals surface area contributed by atoms with E-state index in [9.17, 15) is 14.0 Å². The molecule has 2 amide bonds. The minimum Gasteiger partial charge on any atom is -0.488 e. The van der Waals surface area contributed by atoms with Gasteiger partial charge in [-0.2, -0.15) is 0 Å². The minimum atomic E-state index is -1.12. The molecule has 158 valence electrons. The van der Waals surface area contributed by atoms with Crippen LogP contribution in [-0.2, 0) is 17.8 Å². The number of halogens is 1. The Bertz CT molecular complexity index is 941. The number of rotatable bonds is 5. The predicted molar refractivity (Wildman–Crippen MR) is 108 cm³/mol. The normalized spacial score (nSPS) is 17.9. The number of carboxylic acid groups (broad SMARTS) is 1. The molecule has 2 N–H and O–H groups in total. The zero-order chi connectivity index (χ0) is 21.1. The number of carbonyl (C=O) groups is 2. The molecule has 2 aromatic carbocycles. The number of nitrogens with zero attached hydrogens (tertiary/aromatic N) is 1. The van der Waals surface area contributed by atoms with Gasteiger partial charge in [0, 0.05) is 30.6 Å². The van der Waals surface area contributed by atoms with Gasteiger partial charge >= 0.3 is 6.09 Å². The maximum Gasteiger partial charge on any atom is 0.404 e. The smallest absolute Gasteiger partial charge is 0.404 e. The molecule has 0 spiro atoms. The molecule has 2 aromatic rings. The molecule has 2 heterocycles. The molecule has 7 nitrogen and oxygen atoms in total. The minimum absolute atomic E-state index is 0.0228. The fraction of sp³-hybridized carbons (Fsp3) is 0.364. The first kappa shape index (κ1) is 20.2. The van der Waals surface area contributed by atoms with Crippen LogP contribution < -0.4 is 10.1 Å². The van der Waals surface area contributed by atoms with Crippen molar-refractivity contribution in [3.8, 4) is 16.9 Å². The summed E-state index contributed by atoms with van der Waals surface area (Å²) in [5.41, 5.74) is 3.61. The lowest BCUT2D eigenvalue weighted by atomic mass is 9.97. The maximum atomic E-state index is 13.6. The van der Waals surface area contributed by atoms with Gasteiger partial charge in [0.25, 0.3) is 5.91 Å². The fourth-order valence-electron chi connectivity index (χ4n) is 3.85. The zero-order valence-corrected chi connectivity index (χ0v) is 16.4. The maximum absolute atomic E-state index is 13.6. The van der Waals surface area contributed by atoms with Gasteiger partial charge in [-0.15, -0.1) is 0 Å². The van der Waals surface area contributed by atoms with Crippen molar-refractivity contribution in [3.63, 3.8) is 0 Å². The van der Waals surface area contributed by atoms with Crippen molar-refractivity contribution in [1.82, 2.24) is 10.2 Å². The number of carbonyl (C=O) groups excluding carboxylic acids is 1. The Morgan fingerprint density at radius 2 is 1.87 bits per heavy atom. The summed E-state index contributed by atoms with van der Waals surface area (Å²) < 4.78 is 24.7.